The molecule has 1 aliphatic heterocycles. The Hall–Kier alpha value is -2.48. The van der Waals surface area contributed by atoms with Gasteiger partial charge in [0.25, 0.3) is 0 Å². The zero-order valence-electron chi connectivity index (χ0n) is 15.4. The van der Waals surface area contributed by atoms with E-state index in [0.29, 0.717) is 23.8 Å². The molecule has 2 aromatic heterocycles. The second-order valence-electron chi connectivity index (χ2n) is 7.32. The summed E-state index contributed by atoms with van der Waals surface area (Å²) in [4.78, 5) is 8.52. The number of rotatable bonds is 4. The lowest BCUT2D eigenvalue weighted by Gasteiger charge is -2.17. The number of hydrogen-bond donors (Lipinski definition) is 3. The summed E-state index contributed by atoms with van der Waals surface area (Å²) < 4.78 is 7.61. The predicted molar refractivity (Wildman–Crippen MR) is 103 cm³/mol. The van der Waals surface area contributed by atoms with Crippen LogP contribution in [0.2, 0.25) is 0 Å². The average molecular weight is 368 g/mol. The maximum Gasteiger partial charge on any atom is 0.161 e. The number of fused-ring (bicyclic) bond motifs is 1. The molecule has 4 rings (SSSR count). The first kappa shape index (κ1) is 17.9. The van der Waals surface area contributed by atoms with Gasteiger partial charge in [0.15, 0.2) is 6.23 Å². The standard InChI is InChI=1S/C20H24N4O3/c1-11(2)12-3-5-13(6-4-12)15-8-24(19-17(15)18(21)22-10-23-19)20-16(26)7-14(9-25)27-20/h3-6,8,10-11,14,16,20,25-26H,7,9H2,1-2H3,(H2,21,22,23)/t14-,16+,20+/m0/s1. The molecule has 1 aromatic carbocycles. The zero-order valence-corrected chi connectivity index (χ0v) is 15.4. The van der Waals surface area contributed by atoms with Crippen LogP contribution < -0.4 is 5.73 Å². The summed E-state index contributed by atoms with van der Waals surface area (Å²) >= 11 is 0. The molecule has 142 valence electrons. The Morgan fingerprint density at radius 2 is 2.00 bits per heavy atom. The first-order valence-electron chi connectivity index (χ1n) is 9.15. The summed E-state index contributed by atoms with van der Waals surface area (Å²) in [6.07, 6.45) is 1.93. The molecule has 7 nitrogen and oxygen atoms in total. The van der Waals surface area contributed by atoms with Gasteiger partial charge in [-0.15, -0.1) is 0 Å². The molecule has 1 fully saturated rings. The van der Waals surface area contributed by atoms with Gasteiger partial charge < -0.3 is 25.3 Å². The third kappa shape index (κ3) is 3.07. The predicted octanol–water partition coefficient (Wildman–Crippen LogP) is 2.44. The van der Waals surface area contributed by atoms with Crippen LogP contribution in [-0.4, -0.2) is 43.6 Å². The van der Waals surface area contributed by atoms with E-state index in [1.807, 2.05) is 6.20 Å². The second kappa shape index (κ2) is 6.92. The largest absolute Gasteiger partial charge is 0.394 e. The number of nitrogen functional groups attached to an aromatic ring is 1. The molecular formula is C20H24N4O3. The third-order valence-electron chi connectivity index (χ3n) is 5.17. The molecule has 3 aromatic rings. The maximum absolute atomic E-state index is 10.4. The zero-order chi connectivity index (χ0) is 19.1. The molecule has 0 aliphatic carbocycles. The van der Waals surface area contributed by atoms with Gasteiger partial charge >= 0.3 is 0 Å². The van der Waals surface area contributed by atoms with E-state index in [2.05, 4.69) is 48.1 Å². The monoisotopic (exact) mass is 368 g/mol. The van der Waals surface area contributed by atoms with Crippen LogP contribution in [-0.2, 0) is 4.74 Å². The number of hydrogen-bond acceptors (Lipinski definition) is 6. The Bertz CT molecular complexity index is 952. The van der Waals surface area contributed by atoms with Gasteiger partial charge in [-0.2, -0.15) is 0 Å². The highest BCUT2D eigenvalue weighted by atomic mass is 16.5. The molecular weight excluding hydrogens is 344 g/mol. The third-order valence-corrected chi connectivity index (χ3v) is 5.17. The van der Waals surface area contributed by atoms with Crippen molar-refractivity contribution in [3.05, 3.63) is 42.4 Å². The van der Waals surface area contributed by atoms with Crippen molar-refractivity contribution in [2.75, 3.05) is 12.3 Å². The van der Waals surface area contributed by atoms with Crippen molar-refractivity contribution in [3.8, 4) is 11.1 Å². The highest BCUT2D eigenvalue weighted by Crippen LogP contribution is 2.38. The van der Waals surface area contributed by atoms with Gasteiger partial charge in [0.1, 0.15) is 23.9 Å². The lowest BCUT2D eigenvalue weighted by Crippen LogP contribution is -2.19. The average Bonchev–Trinajstić information content (AvgIpc) is 3.23. The number of nitrogens with two attached hydrogens (primary N) is 1. The van der Waals surface area contributed by atoms with Gasteiger partial charge in [-0.1, -0.05) is 38.1 Å². The number of nitrogens with zero attached hydrogens (tertiary/aromatic N) is 3. The molecule has 1 saturated heterocycles. The molecule has 3 heterocycles. The van der Waals surface area contributed by atoms with Gasteiger partial charge in [-0.05, 0) is 17.0 Å². The lowest BCUT2D eigenvalue weighted by atomic mass is 9.99. The summed E-state index contributed by atoms with van der Waals surface area (Å²) in [5.41, 5.74) is 9.91. The van der Waals surface area contributed by atoms with Crippen LogP contribution in [0.1, 0.15) is 38.0 Å². The molecule has 27 heavy (non-hydrogen) atoms. The second-order valence-corrected chi connectivity index (χ2v) is 7.32. The van der Waals surface area contributed by atoms with E-state index in [1.54, 1.807) is 4.57 Å². The fourth-order valence-electron chi connectivity index (χ4n) is 3.67. The number of aromatic nitrogens is 3. The summed E-state index contributed by atoms with van der Waals surface area (Å²) in [5.74, 6) is 0.833. The van der Waals surface area contributed by atoms with Crippen molar-refractivity contribution in [2.45, 2.75) is 44.6 Å². The van der Waals surface area contributed by atoms with Crippen LogP contribution >= 0.6 is 0 Å². The van der Waals surface area contributed by atoms with Gasteiger partial charge in [0.2, 0.25) is 0 Å². The first-order chi connectivity index (χ1) is 13.0. The summed E-state index contributed by atoms with van der Waals surface area (Å²) in [6.45, 7) is 4.18. The van der Waals surface area contributed by atoms with Crippen molar-refractivity contribution in [1.82, 2.24) is 14.5 Å². The Morgan fingerprint density at radius 1 is 1.26 bits per heavy atom. The SMILES string of the molecule is CC(C)c1ccc(-c2cn([C@@H]3O[C@H](CO)C[C@H]3O)c3ncnc(N)c23)cc1. The van der Waals surface area contributed by atoms with E-state index >= 15 is 0 Å². The number of anilines is 1. The van der Waals surface area contributed by atoms with Crippen LogP contribution in [0.3, 0.4) is 0 Å². The van der Waals surface area contributed by atoms with E-state index in [4.69, 9.17) is 10.5 Å². The number of aliphatic hydroxyl groups excluding tert-OH is 2. The van der Waals surface area contributed by atoms with Crippen LogP contribution in [0.5, 0.6) is 0 Å². The van der Waals surface area contributed by atoms with Crippen LogP contribution in [0.4, 0.5) is 5.82 Å². The first-order valence-corrected chi connectivity index (χ1v) is 9.15. The molecule has 7 heteroatoms. The maximum atomic E-state index is 10.4. The minimum atomic E-state index is -0.731. The van der Waals surface area contributed by atoms with Crippen LogP contribution in [0.25, 0.3) is 22.2 Å². The van der Waals surface area contributed by atoms with E-state index in [-0.39, 0.29) is 6.61 Å². The van der Waals surface area contributed by atoms with Gasteiger partial charge in [0.05, 0.1) is 18.1 Å². The fraction of sp³-hybridized carbons (Fsp3) is 0.400. The summed E-state index contributed by atoms with van der Waals surface area (Å²) in [7, 11) is 0. The molecule has 0 unspecified atom stereocenters. The molecule has 1 aliphatic rings. The van der Waals surface area contributed by atoms with Crippen molar-refractivity contribution in [2.24, 2.45) is 0 Å². The Kier molecular flexibility index (Phi) is 4.59. The Labute approximate surface area is 157 Å². The Balaban J connectivity index is 1.84. The molecule has 0 amide bonds. The van der Waals surface area contributed by atoms with Crippen molar-refractivity contribution in [3.63, 3.8) is 0 Å². The Morgan fingerprint density at radius 3 is 2.63 bits per heavy atom. The van der Waals surface area contributed by atoms with Crippen LogP contribution in [0.15, 0.2) is 36.8 Å². The van der Waals surface area contributed by atoms with E-state index in [9.17, 15) is 10.2 Å². The molecule has 0 radical (unpaired) electrons. The fourth-order valence-corrected chi connectivity index (χ4v) is 3.67. The molecule has 3 atom stereocenters. The molecule has 0 spiro atoms. The number of ether oxygens (including phenoxy) is 1. The minimum Gasteiger partial charge on any atom is -0.394 e. The van der Waals surface area contributed by atoms with Crippen molar-refractivity contribution in [1.29, 1.82) is 0 Å². The van der Waals surface area contributed by atoms with Gasteiger partial charge in [-0.3, -0.25) is 0 Å². The topological polar surface area (TPSA) is 106 Å². The lowest BCUT2D eigenvalue weighted by molar-refractivity contribution is -0.0483. The highest BCUT2D eigenvalue weighted by Gasteiger charge is 2.36. The van der Waals surface area contributed by atoms with Gasteiger partial charge in [-0.25, -0.2) is 9.97 Å². The van der Waals surface area contributed by atoms with E-state index in [0.717, 1.165) is 16.5 Å². The van der Waals surface area contributed by atoms with E-state index in [1.165, 1.54) is 11.9 Å². The molecule has 4 N–H and O–H groups in total. The number of benzene rings is 1. The van der Waals surface area contributed by atoms with E-state index < -0.39 is 18.4 Å². The van der Waals surface area contributed by atoms with Gasteiger partial charge in [0, 0.05) is 18.2 Å². The summed E-state index contributed by atoms with van der Waals surface area (Å²) in [6, 6.07) is 8.32. The smallest absolute Gasteiger partial charge is 0.161 e. The molecule has 0 saturated carbocycles. The number of aliphatic hydroxyl groups is 2. The minimum absolute atomic E-state index is 0.132. The van der Waals surface area contributed by atoms with Crippen LogP contribution in [0, 0.1) is 0 Å². The summed E-state index contributed by atoms with van der Waals surface area (Å²) in [5, 5.41) is 20.5. The normalized spacial score (nSPS) is 22.8. The highest BCUT2D eigenvalue weighted by molar-refractivity contribution is 6.00. The van der Waals surface area contributed by atoms with Crippen molar-refractivity contribution < 1.29 is 14.9 Å². The quantitative estimate of drug-likeness (QED) is 0.653. The molecule has 0 bridgehead atoms. The van der Waals surface area contributed by atoms with Crippen molar-refractivity contribution >= 4 is 16.9 Å².